The van der Waals surface area contributed by atoms with Crippen LogP contribution in [0.5, 0.6) is 0 Å². The minimum atomic E-state index is -0.467. The summed E-state index contributed by atoms with van der Waals surface area (Å²) < 4.78 is 12.2. The number of fused-ring (bicyclic) bond motifs is 1. The Kier molecular flexibility index (Phi) is 4.48. The van der Waals surface area contributed by atoms with E-state index in [9.17, 15) is 4.79 Å². The van der Waals surface area contributed by atoms with Gasteiger partial charge in [-0.1, -0.05) is 0 Å². The van der Waals surface area contributed by atoms with Gasteiger partial charge in [0.1, 0.15) is 5.76 Å². The first kappa shape index (κ1) is 17.1. The van der Waals surface area contributed by atoms with E-state index in [1.165, 1.54) is 18.4 Å². The molecule has 0 spiro atoms. The highest BCUT2D eigenvalue weighted by Gasteiger charge is 2.22. The molecule has 1 aromatic carbocycles. The third-order valence-electron chi connectivity index (χ3n) is 4.68. The van der Waals surface area contributed by atoms with Crippen LogP contribution in [0.15, 0.2) is 47.0 Å². The highest BCUT2D eigenvalue weighted by atomic mass is 16.5. The number of carbonyl (C=O) groups excluding carboxylic acids is 1. The second kappa shape index (κ2) is 7.09. The van der Waals surface area contributed by atoms with Gasteiger partial charge in [-0.2, -0.15) is 10.4 Å². The number of nitriles is 1. The van der Waals surface area contributed by atoms with E-state index >= 15 is 0 Å². The average molecular weight is 362 g/mol. The van der Waals surface area contributed by atoms with E-state index in [2.05, 4.69) is 20.8 Å². The average Bonchev–Trinajstić information content (AvgIpc) is 3.34. The van der Waals surface area contributed by atoms with Crippen molar-refractivity contribution in [1.29, 1.82) is 5.26 Å². The summed E-state index contributed by atoms with van der Waals surface area (Å²) in [5, 5.41) is 13.5. The molecule has 2 aromatic heterocycles. The number of hydrogen-bond acceptors (Lipinski definition) is 6. The third-order valence-corrected chi connectivity index (χ3v) is 4.68. The van der Waals surface area contributed by atoms with Crippen LogP contribution in [0.3, 0.4) is 0 Å². The van der Waals surface area contributed by atoms with Gasteiger partial charge >= 0.3 is 5.97 Å². The summed E-state index contributed by atoms with van der Waals surface area (Å²) in [7, 11) is 1.34. The predicted octanol–water partition coefficient (Wildman–Crippen LogP) is 2.68. The quantitative estimate of drug-likeness (QED) is 0.664. The standard InChI is InChI=1S/C20H18N4O3/c1-26-20(25)19-7-6-17(27-19)13-23-9-8-18-15(12-23)11-22-24(18)16-4-2-14(10-21)3-5-16/h2-7,11H,8-9,12-13H2,1H3. The summed E-state index contributed by atoms with van der Waals surface area (Å²) in [5.41, 5.74) is 3.95. The van der Waals surface area contributed by atoms with Crippen LogP contribution in [0.4, 0.5) is 0 Å². The van der Waals surface area contributed by atoms with Crippen LogP contribution >= 0.6 is 0 Å². The number of ether oxygens (including phenoxy) is 1. The second-order valence-corrected chi connectivity index (χ2v) is 6.41. The number of rotatable bonds is 4. The number of carbonyl (C=O) groups is 1. The molecule has 0 atom stereocenters. The molecule has 3 aromatic rings. The number of furan rings is 1. The first-order chi connectivity index (χ1) is 13.2. The largest absolute Gasteiger partial charge is 0.463 e. The summed E-state index contributed by atoms with van der Waals surface area (Å²) in [6.07, 6.45) is 2.75. The number of nitrogens with zero attached hydrogens (tertiary/aromatic N) is 4. The molecule has 0 N–H and O–H groups in total. The molecule has 0 fully saturated rings. The van der Waals surface area contributed by atoms with Crippen molar-refractivity contribution in [2.75, 3.05) is 13.7 Å². The molecule has 0 radical (unpaired) electrons. The summed E-state index contributed by atoms with van der Waals surface area (Å²) in [4.78, 5) is 13.8. The smallest absolute Gasteiger partial charge is 0.373 e. The maximum atomic E-state index is 11.5. The number of hydrogen-bond donors (Lipinski definition) is 0. The SMILES string of the molecule is COC(=O)c1ccc(CN2CCc3c(cnn3-c3ccc(C#N)cc3)C2)o1. The number of methoxy groups -OCH3 is 1. The van der Waals surface area contributed by atoms with Gasteiger partial charge in [-0.3, -0.25) is 4.90 Å². The molecular weight excluding hydrogens is 344 g/mol. The van der Waals surface area contributed by atoms with Crippen LogP contribution in [-0.2, 0) is 24.2 Å². The van der Waals surface area contributed by atoms with E-state index in [4.69, 9.17) is 9.68 Å². The molecule has 1 aliphatic heterocycles. The van der Waals surface area contributed by atoms with E-state index < -0.39 is 5.97 Å². The van der Waals surface area contributed by atoms with E-state index in [0.29, 0.717) is 12.1 Å². The summed E-state index contributed by atoms with van der Waals surface area (Å²) in [6.45, 7) is 2.25. The lowest BCUT2D eigenvalue weighted by atomic mass is 10.1. The maximum Gasteiger partial charge on any atom is 0.373 e. The Morgan fingerprint density at radius 2 is 2.11 bits per heavy atom. The Balaban J connectivity index is 1.48. The molecular formula is C20H18N4O3. The zero-order valence-corrected chi connectivity index (χ0v) is 14.9. The summed E-state index contributed by atoms with van der Waals surface area (Å²) in [5.74, 6) is 0.489. The molecule has 136 valence electrons. The Morgan fingerprint density at radius 1 is 1.30 bits per heavy atom. The van der Waals surface area contributed by atoms with Crippen molar-refractivity contribution in [2.24, 2.45) is 0 Å². The fourth-order valence-electron chi connectivity index (χ4n) is 3.32. The molecule has 0 saturated heterocycles. The van der Waals surface area contributed by atoms with E-state index in [1.807, 2.05) is 29.1 Å². The van der Waals surface area contributed by atoms with Crippen molar-refractivity contribution < 1.29 is 13.9 Å². The normalized spacial score (nSPS) is 13.8. The summed E-state index contributed by atoms with van der Waals surface area (Å²) >= 11 is 0. The van der Waals surface area contributed by atoms with Gasteiger partial charge in [-0.15, -0.1) is 0 Å². The Morgan fingerprint density at radius 3 is 2.85 bits per heavy atom. The monoisotopic (exact) mass is 362 g/mol. The summed E-state index contributed by atoms with van der Waals surface area (Å²) in [6, 6.07) is 13.0. The molecule has 1 aliphatic rings. The first-order valence-corrected chi connectivity index (χ1v) is 8.63. The zero-order valence-electron chi connectivity index (χ0n) is 14.9. The van der Waals surface area contributed by atoms with Crippen molar-refractivity contribution in [3.8, 4) is 11.8 Å². The number of benzene rings is 1. The van der Waals surface area contributed by atoms with Crippen molar-refractivity contribution in [1.82, 2.24) is 14.7 Å². The minimum absolute atomic E-state index is 0.221. The molecule has 7 heteroatoms. The zero-order chi connectivity index (χ0) is 18.8. The number of aromatic nitrogens is 2. The van der Waals surface area contributed by atoms with Crippen molar-refractivity contribution in [2.45, 2.75) is 19.5 Å². The molecule has 27 heavy (non-hydrogen) atoms. The molecule has 0 amide bonds. The van der Waals surface area contributed by atoms with Crippen LogP contribution in [0.25, 0.3) is 5.69 Å². The van der Waals surface area contributed by atoms with Gasteiger partial charge in [0.25, 0.3) is 0 Å². The van der Waals surface area contributed by atoms with Crippen molar-refractivity contribution in [3.05, 3.63) is 70.9 Å². The van der Waals surface area contributed by atoms with Crippen LogP contribution in [-0.4, -0.2) is 34.3 Å². The molecule has 0 unspecified atom stereocenters. The molecule has 7 nitrogen and oxygen atoms in total. The first-order valence-electron chi connectivity index (χ1n) is 8.63. The van der Waals surface area contributed by atoms with Gasteiger partial charge in [-0.25, -0.2) is 9.48 Å². The van der Waals surface area contributed by atoms with E-state index in [-0.39, 0.29) is 5.76 Å². The third kappa shape index (κ3) is 3.35. The Bertz CT molecular complexity index is 1010. The lowest BCUT2D eigenvalue weighted by Crippen LogP contribution is -2.30. The highest BCUT2D eigenvalue weighted by Crippen LogP contribution is 2.23. The maximum absolute atomic E-state index is 11.5. The molecule has 4 rings (SSSR count). The van der Waals surface area contributed by atoms with Crippen molar-refractivity contribution >= 4 is 5.97 Å². The molecule has 0 saturated carbocycles. The molecule has 0 aliphatic carbocycles. The van der Waals surface area contributed by atoms with E-state index in [0.717, 1.165) is 31.0 Å². The Hall–Kier alpha value is -3.37. The topological polar surface area (TPSA) is 84.3 Å². The molecule has 0 bridgehead atoms. The lowest BCUT2D eigenvalue weighted by molar-refractivity contribution is 0.0561. The lowest BCUT2D eigenvalue weighted by Gasteiger charge is -2.26. The van der Waals surface area contributed by atoms with Gasteiger partial charge in [-0.05, 0) is 36.4 Å². The van der Waals surface area contributed by atoms with Crippen molar-refractivity contribution in [3.63, 3.8) is 0 Å². The van der Waals surface area contributed by atoms with Gasteiger partial charge in [0.05, 0.1) is 37.2 Å². The second-order valence-electron chi connectivity index (χ2n) is 6.41. The van der Waals surface area contributed by atoms with Gasteiger partial charge in [0.15, 0.2) is 0 Å². The van der Waals surface area contributed by atoms with Crippen LogP contribution in [0, 0.1) is 11.3 Å². The van der Waals surface area contributed by atoms with Crippen LogP contribution in [0.1, 0.15) is 33.1 Å². The van der Waals surface area contributed by atoms with Gasteiger partial charge in [0.2, 0.25) is 5.76 Å². The fourth-order valence-corrected chi connectivity index (χ4v) is 3.32. The van der Waals surface area contributed by atoms with Crippen LogP contribution < -0.4 is 0 Å². The van der Waals surface area contributed by atoms with E-state index in [1.54, 1.807) is 18.2 Å². The molecule has 3 heterocycles. The number of esters is 1. The minimum Gasteiger partial charge on any atom is -0.463 e. The van der Waals surface area contributed by atoms with Crippen LogP contribution in [0.2, 0.25) is 0 Å². The fraction of sp³-hybridized carbons (Fsp3) is 0.250. The highest BCUT2D eigenvalue weighted by molar-refractivity contribution is 5.86. The predicted molar refractivity (Wildman–Crippen MR) is 96.1 cm³/mol. The van der Waals surface area contributed by atoms with Gasteiger partial charge in [0, 0.05) is 30.8 Å². The Labute approximate surface area is 156 Å². The van der Waals surface area contributed by atoms with Gasteiger partial charge < -0.3 is 9.15 Å².